The quantitative estimate of drug-likeness (QED) is 0.450. The number of Topliss-reactive ketones (excluding diaryl/α,β-unsaturated/α-hetero) is 1. The van der Waals surface area contributed by atoms with Crippen LogP contribution in [0.1, 0.15) is 17.3 Å². The predicted octanol–water partition coefficient (Wildman–Crippen LogP) is 3.35. The van der Waals surface area contributed by atoms with E-state index in [-0.39, 0.29) is 12.4 Å². The Bertz CT molecular complexity index is 773. The first-order valence-corrected chi connectivity index (χ1v) is 8.33. The predicted molar refractivity (Wildman–Crippen MR) is 95.5 cm³/mol. The van der Waals surface area contributed by atoms with E-state index in [1.165, 1.54) is 0 Å². The Morgan fingerprint density at radius 1 is 1.04 bits per heavy atom. The normalized spacial score (nSPS) is 18.6. The van der Waals surface area contributed by atoms with Gasteiger partial charge in [0.05, 0.1) is 13.7 Å². The molecule has 5 nitrogen and oxygen atoms in total. The van der Waals surface area contributed by atoms with Crippen molar-refractivity contribution < 1.29 is 19.1 Å². The van der Waals surface area contributed by atoms with Crippen molar-refractivity contribution >= 4 is 29.0 Å². The zero-order chi connectivity index (χ0) is 18.0. The Kier molecular flexibility index (Phi) is 4.95. The van der Waals surface area contributed by atoms with Crippen LogP contribution in [0.15, 0.2) is 48.5 Å². The molecule has 0 radical (unpaired) electrons. The average Bonchev–Trinajstić information content (AvgIpc) is 3.38. The highest BCUT2D eigenvalue weighted by Crippen LogP contribution is 2.39. The maximum Gasteiger partial charge on any atom is 0.331 e. The van der Waals surface area contributed by atoms with Crippen molar-refractivity contribution in [2.75, 3.05) is 18.6 Å². The number of hydrogen-bond acceptors (Lipinski definition) is 5. The summed E-state index contributed by atoms with van der Waals surface area (Å²) < 4.78 is 10.3. The van der Waals surface area contributed by atoms with Crippen LogP contribution in [0.2, 0.25) is 5.02 Å². The van der Waals surface area contributed by atoms with E-state index in [1.54, 1.807) is 55.3 Å². The number of rotatable bonds is 6. The molecule has 1 fully saturated rings. The molecule has 0 amide bonds. The molecular formula is C19H18ClNO4. The van der Waals surface area contributed by atoms with Gasteiger partial charge in [0, 0.05) is 16.3 Å². The first-order chi connectivity index (χ1) is 12.1. The van der Waals surface area contributed by atoms with Crippen LogP contribution < -0.4 is 9.64 Å². The number of nitrogens with zero attached hydrogens (tertiary/aromatic N) is 1. The molecule has 0 spiro atoms. The molecule has 1 aliphatic heterocycles. The van der Waals surface area contributed by atoms with Crippen LogP contribution in [0.3, 0.4) is 0 Å². The molecule has 25 heavy (non-hydrogen) atoms. The average molecular weight is 360 g/mol. The maximum absolute atomic E-state index is 12.8. The number of hydrogen-bond donors (Lipinski definition) is 0. The second-order valence-corrected chi connectivity index (χ2v) is 6.05. The lowest BCUT2D eigenvalue weighted by molar-refractivity contribution is -0.142. The summed E-state index contributed by atoms with van der Waals surface area (Å²) in [5.74, 6) is 0.176. The van der Waals surface area contributed by atoms with Gasteiger partial charge in [-0.25, -0.2) is 4.79 Å². The fourth-order valence-corrected chi connectivity index (χ4v) is 2.96. The summed E-state index contributed by atoms with van der Waals surface area (Å²) in [6.45, 7) is 2.02. The fraction of sp³-hybridized carbons (Fsp3) is 0.263. The summed E-state index contributed by atoms with van der Waals surface area (Å²) in [7, 11) is 1.58. The minimum absolute atomic E-state index is 0.134. The first-order valence-electron chi connectivity index (χ1n) is 7.95. The number of ether oxygens (including phenoxy) is 2. The third-order valence-corrected chi connectivity index (χ3v) is 4.36. The molecule has 0 N–H and O–H groups in total. The Labute approximate surface area is 151 Å². The van der Waals surface area contributed by atoms with Gasteiger partial charge in [-0.15, -0.1) is 0 Å². The van der Waals surface area contributed by atoms with Crippen LogP contribution in [0, 0.1) is 0 Å². The zero-order valence-corrected chi connectivity index (χ0v) is 14.7. The van der Waals surface area contributed by atoms with Crippen LogP contribution in [-0.4, -0.2) is 37.6 Å². The standard InChI is InChI=1S/C19H18ClNO4/c1-3-25-19(23)17-16(18(22)12-4-6-13(20)7-5-12)21(17)14-8-10-15(24-2)11-9-14/h4-11,16-17H,3H2,1-2H3/t16-,17+,21?/m0/s1. The van der Waals surface area contributed by atoms with Crippen molar-refractivity contribution in [2.24, 2.45) is 0 Å². The largest absolute Gasteiger partial charge is 0.497 e. The molecule has 0 unspecified atom stereocenters. The lowest BCUT2D eigenvalue weighted by atomic mass is 10.1. The SMILES string of the molecule is CCOC(=O)[C@H]1[C@@H](C(=O)c2ccc(Cl)cc2)N1c1ccc(OC)cc1. The smallest absolute Gasteiger partial charge is 0.331 e. The Morgan fingerprint density at radius 3 is 2.24 bits per heavy atom. The molecule has 3 rings (SSSR count). The van der Waals surface area contributed by atoms with Gasteiger partial charge in [0.1, 0.15) is 11.8 Å². The summed E-state index contributed by atoms with van der Waals surface area (Å²) in [4.78, 5) is 26.8. The number of esters is 1. The topological polar surface area (TPSA) is 55.6 Å². The van der Waals surface area contributed by atoms with Gasteiger partial charge >= 0.3 is 5.97 Å². The van der Waals surface area contributed by atoms with Crippen LogP contribution in [-0.2, 0) is 9.53 Å². The van der Waals surface area contributed by atoms with E-state index in [2.05, 4.69) is 0 Å². The molecule has 0 bridgehead atoms. The third kappa shape index (κ3) is 3.46. The summed E-state index contributed by atoms with van der Waals surface area (Å²) in [5.41, 5.74) is 1.28. The second-order valence-electron chi connectivity index (χ2n) is 5.62. The van der Waals surface area contributed by atoms with Gasteiger partial charge in [0.15, 0.2) is 11.8 Å². The van der Waals surface area contributed by atoms with Gasteiger partial charge in [0.2, 0.25) is 0 Å². The lowest BCUT2D eigenvalue weighted by Crippen LogP contribution is -2.18. The number of anilines is 1. The molecule has 0 saturated carbocycles. The van der Waals surface area contributed by atoms with E-state index in [1.807, 2.05) is 12.1 Å². The Hall–Kier alpha value is -2.53. The zero-order valence-electron chi connectivity index (χ0n) is 13.9. The van der Waals surface area contributed by atoms with Gasteiger partial charge in [-0.3, -0.25) is 4.79 Å². The molecule has 1 heterocycles. The van der Waals surface area contributed by atoms with E-state index >= 15 is 0 Å². The van der Waals surface area contributed by atoms with Crippen molar-refractivity contribution in [3.63, 3.8) is 0 Å². The maximum atomic E-state index is 12.8. The molecule has 1 saturated heterocycles. The summed E-state index contributed by atoms with van der Waals surface area (Å²) in [5, 5.41) is 0.557. The van der Waals surface area contributed by atoms with Crippen LogP contribution in [0.25, 0.3) is 0 Å². The van der Waals surface area contributed by atoms with Crippen molar-refractivity contribution in [1.82, 2.24) is 0 Å². The fourth-order valence-electron chi connectivity index (χ4n) is 2.83. The van der Waals surface area contributed by atoms with E-state index in [0.717, 1.165) is 5.69 Å². The molecular weight excluding hydrogens is 342 g/mol. The van der Waals surface area contributed by atoms with Crippen LogP contribution >= 0.6 is 11.6 Å². The Balaban J connectivity index is 1.87. The molecule has 2 aromatic carbocycles. The summed E-state index contributed by atoms with van der Waals surface area (Å²) in [6, 6.07) is 12.7. The van der Waals surface area contributed by atoms with Crippen molar-refractivity contribution in [1.29, 1.82) is 0 Å². The molecule has 2 aromatic rings. The monoisotopic (exact) mass is 359 g/mol. The minimum atomic E-state index is -0.614. The number of ketones is 1. The lowest BCUT2D eigenvalue weighted by Gasteiger charge is -2.07. The third-order valence-electron chi connectivity index (χ3n) is 4.10. The van der Waals surface area contributed by atoms with Crippen LogP contribution in [0.4, 0.5) is 5.69 Å². The highest BCUT2D eigenvalue weighted by atomic mass is 35.5. The van der Waals surface area contributed by atoms with Gasteiger partial charge < -0.3 is 14.4 Å². The number of carbonyl (C=O) groups excluding carboxylic acids is 2. The van der Waals surface area contributed by atoms with Crippen molar-refractivity contribution in [3.8, 4) is 5.75 Å². The van der Waals surface area contributed by atoms with Gasteiger partial charge in [0.25, 0.3) is 0 Å². The van der Waals surface area contributed by atoms with E-state index in [9.17, 15) is 9.59 Å². The van der Waals surface area contributed by atoms with Crippen molar-refractivity contribution in [3.05, 3.63) is 59.1 Å². The molecule has 130 valence electrons. The summed E-state index contributed by atoms with van der Waals surface area (Å²) in [6.07, 6.45) is 0. The van der Waals surface area contributed by atoms with Gasteiger partial charge in [-0.05, 0) is 55.5 Å². The Morgan fingerprint density at radius 2 is 1.68 bits per heavy atom. The highest BCUT2D eigenvalue weighted by Gasteiger charge is 2.58. The first kappa shape index (κ1) is 17.3. The molecule has 0 aliphatic carbocycles. The minimum Gasteiger partial charge on any atom is -0.497 e. The van der Waals surface area contributed by atoms with Crippen LogP contribution in [0.5, 0.6) is 5.75 Å². The van der Waals surface area contributed by atoms with Crippen molar-refractivity contribution in [2.45, 2.75) is 19.0 Å². The van der Waals surface area contributed by atoms with E-state index in [4.69, 9.17) is 21.1 Å². The number of benzene rings is 2. The van der Waals surface area contributed by atoms with Gasteiger partial charge in [-0.1, -0.05) is 11.6 Å². The number of methoxy groups -OCH3 is 1. The molecule has 6 heteroatoms. The number of carbonyl (C=O) groups is 2. The second kappa shape index (κ2) is 7.15. The van der Waals surface area contributed by atoms with E-state index in [0.29, 0.717) is 16.3 Å². The van der Waals surface area contributed by atoms with Gasteiger partial charge in [-0.2, -0.15) is 0 Å². The van der Waals surface area contributed by atoms with E-state index < -0.39 is 18.1 Å². The molecule has 1 aliphatic rings. The summed E-state index contributed by atoms with van der Waals surface area (Å²) >= 11 is 5.88. The molecule has 2 atom stereocenters. The number of halogens is 1. The highest BCUT2D eigenvalue weighted by molar-refractivity contribution is 6.30. The molecule has 0 aromatic heterocycles.